The number of aryl methyl sites for hydroxylation is 2. The van der Waals surface area contributed by atoms with E-state index in [-0.39, 0.29) is 11.5 Å². The second kappa shape index (κ2) is 8.35. The van der Waals surface area contributed by atoms with E-state index in [4.69, 9.17) is 4.98 Å². The first-order valence-electron chi connectivity index (χ1n) is 10.0. The van der Waals surface area contributed by atoms with E-state index in [0.717, 1.165) is 36.0 Å². The Labute approximate surface area is 167 Å². The Morgan fingerprint density at radius 1 is 1.22 bits per heavy atom. The maximum Gasteiger partial charge on any atom is 0.262 e. The van der Waals surface area contributed by atoms with Gasteiger partial charge in [-0.1, -0.05) is 31.0 Å². The SMILES string of the molecule is Cn1c(SCC(=O)NCC2CCCCC2)nc2sc3c(c2c1=O)CCCC3. The van der Waals surface area contributed by atoms with Gasteiger partial charge in [-0.05, 0) is 50.0 Å². The lowest BCUT2D eigenvalue weighted by molar-refractivity contribution is -0.118. The Morgan fingerprint density at radius 2 is 2.00 bits per heavy atom. The highest BCUT2D eigenvalue weighted by Gasteiger charge is 2.21. The first kappa shape index (κ1) is 19.0. The fourth-order valence-electron chi connectivity index (χ4n) is 4.23. The average molecular weight is 406 g/mol. The summed E-state index contributed by atoms with van der Waals surface area (Å²) >= 11 is 3.02. The van der Waals surface area contributed by atoms with Gasteiger partial charge < -0.3 is 5.32 Å². The van der Waals surface area contributed by atoms with Gasteiger partial charge in [-0.2, -0.15) is 0 Å². The zero-order valence-corrected chi connectivity index (χ0v) is 17.5. The van der Waals surface area contributed by atoms with E-state index >= 15 is 0 Å². The second-order valence-electron chi connectivity index (χ2n) is 7.75. The first-order chi connectivity index (χ1) is 13.1. The Hall–Kier alpha value is -1.34. The number of nitrogens with one attached hydrogen (secondary N) is 1. The van der Waals surface area contributed by atoms with Crippen molar-refractivity contribution in [1.82, 2.24) is 14.9 Å². The molecule has 2 aliphatic rings. The summed E-state index contributed by atoms with van der Waals surface area (Å²) in [6, 6.07) is 0. The Bertz CT molecular complexity index is 897. The molecule has 0 aliphatic heterocycles. The van der Waals surface area contributed by atoms with Crippen LogP contribution in [-0.4, -0.2) is 27.8 Å². The number of thiophene rings is 1. The minimum absolute atomic E-state index is 0.0320. The van der Waals surface area contributed by atoms with Crippen molar-refractivity contribution in [2.24, 2.45) is 13.0 Å². The largest absolute Gasteiger partial charge is 0.355 e. The number of nitrogens with zero attached hydrogens (tertiary/aromatic N) is 2. The summed E-state index contributed by atoms with van der Waals surface area (Å²) in [5.41, 5.74) is 1.25. The number of carbonyl (C=O) groups is 1. The monoisotopic (exact) mass is 405 g/mol. The van der Waals surface area contributed by atoms with Crippen LogP contribution in [0.15, 0.2) is 9.95 Å². The van der Waals surface area contributed by atoms with Crippen molar-refractivity contribution in [3.8, 4) is 0 Å². The fraction of sp³-hybridized carbons (Fsp3) is 0.650. The molecule has 1 amide bonds. The van der Waals surface area contributed by atoms with Crippen LogP contribution in [0.3, 0.4) is 0 Å². The molecular weight excluding hydrogens is 378 g/mol. The standard InChI is InChI=1S/C20H27N3O2S2/c1-23-19(25)17-14-9-5-6-10-15(14)27-18(17)22-20(23)26-12-16(24)21-11-13-7-3-2-4-8-13/h13H,2-12H2,1H3,(H,21,24). The molecule has 146 valence electrons. The maximum absolute atomic E-state index is 12.9. The van der Waals surface area contributed by atoms with Crippen LogP contribution in [0.4, 0.5) is 0 Å². The average Bonchev–Trinajstić information content (AvgIpc) is 3.07. The quantitative estimate of drug-likeness (QED) is 0.609. The van der Waals surface area contributed by atoms with Crippen LogP contribution < -0.4 is 10.9 Å². The van der Waals surface area contributed by atoms with E-state index in [1.807, 2.05) is 0 Å². The summed E-state index contributed by atoms with van der Waals surface area (Å²) in [7, 11) is 1.77. The molecule has 0 radical (unpaired) electrons. The molecule has 0 atom stereocenters. The molecule has 2 aromatic rings. The van der Waals surface area contributed by atoms with Crippen LogP contribution in [0.1, 0.15) is 55.4 Å². The zero-order chi connectivity index (χ0) is 18.8. The number of fused-ring (bicyclic) bond motifs is 3. The normalized spacial score (nSPS) is 17.8. The predicted molar refractivity (Wildman–Crippen MR) is 112 cm³/mol. The summed E-state index contributed by atoms with van der Waals surface area (Å²) in [6.45, 7) is 0.780. The third kappa shape index (κ3) is 4.09. The molecule has 0 unspecified atom stereocenters. The van der Waals surface area contributed by atoms with E-state index in [0.29, 0.717) is 16.8 Å². The summed E-state index contributed by atoms with van der Waals surface area (Å²) < 4.78 is 1.61. The van der Waals surface area contributed by atoms with Crippen LogP contribution in [-0.2, 0) is 24.7 Å². The zero-order valence-electron chi connectivity index (χ0n) is 15.9. The predicted octanol–water partition coefficient (Wildman–Crippen LogP) is 3.66. The molecule has 0 spiro atoms. The number of hydrogen-bond acceptors (Lipinski definition) is 5. The molecule has 1 fully saturated rings. The van der Waals surface area contributed by atoms with Crippen LogP contribution in [0.2, 0.25) is 0 Å². The van der Waals surface area contributed by atoms with E-state index in [9.17, 15) is 9.59 Å². The van der Waals surface area contributed by atoms with E-state index in [1.165, 1.54) is 60.7 Å². The van der Waals surface area contributed by atoms with Crippen LogP contribution in [0.25, 0.3) is 10.2 Å². The van der Waals surface area contributed by atoms with Gasteiger partial charge in [0, 0.05) is 18.5 Å². The molecule has 2 heterocycles. The topological polar surface area (TPSA) is 64.0 Å². The number of aromatic nitrogens is 2. The molecule has 2 aromatic heterocycles. The molecule has 4 rings (SSSR count). The van der Waals surface area contributed by atoms with Gasteiger partial charge in [0.05, 0.1) is 11.1 Å². The van der Waals surface area contributed by atoms with Crippen LogP contribution in [0, 0.1) is 5.92 Å². The molecule has 0 aromatic carbocycles. The maximum atomic E-state index is 12.9. The molecule has 0 bridgehead atoms. The lowest BCUT2D eigenvalue weighted by atomic mass is 9.89. The van der Waals surface area contributed by atoms with Crippen molar-refractivity contribution in [3.05, 3.63) is 20.8 Å². The van der Waals surface area contributed by atoms with E-state index in [2.05, 4.69) is 5.32 Å². The first-order valence-corrected chi connectivity index (χ1v) is 11.8. The third-order valence-electron chi connectivity index (χ3n) is 5.80. The molecular formula is C20H27N3O2S2. The highest BCUT2D eigenvalue weighted by Crippen LogP contribution is 2.34. The number of rotatable bonds is 5. The molecule has 5 nitrogen and oxygen atoms in total. The molecule has 2 aliphatic carbocycles. The smallest absolute Gasteiger partial charge is 0.262 e. The number of carbonyl (C=O) groups excluding carboxylic acids is 1. The highest BCUT2D eigenvalue weighted by molar-refractivity contribution is 7.99. The van der Waals surface area contributed by atoms with Gasteiger partial charge in [0.1, 0.15) is 4.83 Å². The summed E-state index contributed by atoms with van der Waals surface area (Å²) in [6.07, 6.45) is 10.7. The van der Waals surface area contributed by atoms with Crippen molar-refractivity contribution in [2.45, 2.75) is 62.9 Å². The van der Waals surface area contributed by atoms with E-state index in [1.54, 1.807) is 23.0 Å². The van der Waals surface area contributed by atoms with Gasteiger partial charge in [0.15, 0.2) is 5.16 Å². The summed E-state index contributed by atoms with van der Waals surface area (Å²) in [5.74, 6) is 0.971. The van der Waals surface area contributed by atoms with Gasteiger partial charge in [0.25, 0.3) is 5.56 Å². The lowest BCUT2D eigenvalue weighted by Crippen LogP contribution is -2.31. The number of thioether (sulfide) groups is 1. The fourth-order valence-corrected chi connectivity index (χ4v) is 6.33. The Kier molecular flexibility index (Phi) is 5.88. The third-order valence-corrected chi connectivity index (χ3v) is 8.02. The van der Waals surface area contributed by atoms with Gasteiger partial charge in [-0.3, -0.25) is 14.2 Å². The Balaban J connectivity index is 1.43. The van der Waals surface area contributed by atoms with Gasteiger partial charge in [0.2, 0.25) is 5.91 Å². The molecule has 0 saturated heterocycles. The van der Waals surface area contributed by atoms with Gasteiger partial charge in [-0.25, -0.2) is 4.98 Å². The Morgan fingerprint density at radius 3 is 2.81 bits per heavy atom. The number of hydrogen-bond donors (Lipinski definition) is 1. The van der Waals surface area contributed by atoms with E-state index < -0.39 is 0 Å². The number of amides is 1. The van der Waals surface area contributed by atoms with Gasteiger partial charge in [-0.15, -0.1) is 11.3 Å². The molecule has 1 N–H and O–H groups in total. The highest BCUT2D eigenvalue weighted by atomic mass is 32.2. The van der Waals surface area contributed by atoms with Crippen molar-refractivity contribution in [3.63, 3.8) is 0 Å². The van der Waals surface area contributed by atoms with Crippen molar-refractivity contribution in [2.75, 3.05) is 12.3 Å². The molecule has 7 heteroatoms. The van der Waals surface area contributed by atoms with Gasteiger partial charge >= 0.3 is 0 Å². The minimum Gasteiger partial charge on any atom is -0.355 e. The second-order valence-corrected chi connectivity index (χ2v) is 9.77. The summed E-state index contributed by atoms with van der Waals surface area (Å²) in [5, 5.41) is 4.51. The lowest BCUT2D eigenvalue weighted by Gasteiger charge is -2.21. The van der Waals surface area contributed by atoms with Crippen LogP contribution in [0.5, 0.6) is 0 Å². The summed E-state index contributed by atoms with van der Waals surface area (Å²) in [4.78, 5) is 32.0. The van der Waals surface area contributed by atoms with Crippen molar-refractivity contribution >= 4 is 39.2 Å². The van der Waals surface area contributed by atoms with Crippen LogP contribution >= 0.6 is 23.1 Å². The van der Waals surface area contributed by atoms with Crippen molar-refractivity contribution < 1.29 is 4.79 Å². The minimum atomic E-state index is 0.0320. The molecule has 27 heavy (non-hydrogen) atoms. The van der Waals surface area contributed by atoms with Crippen molar-refractivity contribution in [1.29, 1.82) is 0 Å². The molecule has 1 saturated carbocycles.